The van der Waals surface area contributed by atoms with Crippen molar-refractivity contribution in [3.8, 4) is 0 Å². The molecule has 1 aromatic rings. The number of aromatic carboxylic acids is 1. The number of carbonyl (C=O) groups is 2. The Kier molecular flexibility index (Phi) is 16.3. The Balaban J connectivity index is 0.00000625. The van der Waals surface area contributed by atoms with Crippen molar-refractivity contribution in [2.75, 3.05) is 0 Å². The number of hydrogen-bond donors (Lipinski definition) is 0. The van der Waals surface area contributed by atoms with Crippen LogP contribution in [0.3, 0.4) is 0 Å². The summed E-state index contributed by atoms with van der Waals surface area (Å²) in [6.45, 7) is 2.23. The molecule has 7 heteroatoms. The van der Waals surface area contributed by atoms with Gasteiger partial charge in [0, 0.05) is 28.3 Å². The first-order valence-electron chi connectivity index (χ1n) is 8.82. The first-order valence-corrected chi connectivity index (χ1v) is 12.1. The number of carboxylic acids is 1. The van der Waals surface area contributed by atoms with Crippen molar-refractivity contribution in [3.05, 3.63) is 27.9 Å². The van der Waals surface area contributed by atoms with E-state index in [0.29, 0.717) is 19.1 Å². The number of unbranched alkanes of at least 4 members (excludes halogenated alkanes) is 8. The first kappa shape index (κ1) is 27.5. The summed E-state index contributed by atoms with van der Waals surface area (Å²) in [5.41, 5.74) is 0.678. The van der Waals surface area contributed by atoms with Gasteiger partial charge in [-0.25, -0.2) is 0 Å². The van der Waals surface area contributed by atoms with Crippen LogP contribution in [0.5, 0.6) is 0 Å². The number of ketones is 1. The van der Waals surface area contributed by atoms with E-state index in [0.717, 1.165) is 16.4 Å². The van der Waals surface area contributed by atoms with Gasteiger partial charge in [-0.1, -0.05) is 58.3 Å². The fraction of sp³-hybridized carbons (Fsp3) is 0.579. The Hall–Kier alpha value is 1.55. The molecule has 0 N–H and O–H groups in total. The number of rotatable bonds is 12. The van der Waals surface area contributed by atoms with Crippen molar-refractivity contribution in [2.24, 2.45) is 0 Å². The van der Waals surface area contributed by atoms with Crippen LogP contribution >= 0.6 is 67.8 Å². The largest absolute Gasteiger partial charge is 1.00 e. The normalized spacial score (nSPS) is 10.5. The van der Waals surface area contributed by atoms with E-state index < -0.39 is 5.97 Å². The Morgan fingerprint density at radius 1 is 0.846 bits per heavy atom. The van der Waals surface area contributed by atoms with Gasteiger partial charge < -0.3 is 9.90 Å². The van der Waals surface area contributed by atoms with Gasteiger partial charge in [0.25, 0.3) is 0 Å². The Morgan fingerprint density at radius 2 is 1.31 bits per heavy atom. The molecule has 1 rings (SSSR count). The van der Waals surface area contributed by atoms with E-state index in [4.69, 9.17) is 0 Å². The average Bonchev–Trinajstić information content (AvgIpc) is 2.52. The molecule has 26 heavy (non-hydrogen) atoms. The zero-order valence-corrected chi connectivity index (χ0v) is 24.0. The number of Topliss-reactive ketones (excluding diaryl/α,β-unsaturated/α-hetero) is 1. The van der Waals surface area contributed by atoms with E-state index in [1.165, 1.54) is 44.9 Å². The molecule has 0 unspecified atom stereocenters. The molecule has 0 spiro atoms. The van der Waals surface area contributed by atoms with Crippen LogP contribution in [0, 0.1) is 10.7 Å². The second-order valence-electron chi connectivity index (χ2n) is 6.19. The van der Waals surface area contributed by atoms with E-state index in [1.807, 2.05) is 45.2 Å². The summed E-state index contributed by atoms with van der Waals surface area (Å²) in [6, 6.07) is 1.75. The third-order valence-corrected chi connectivity index (χ3v) is 6.94. The van der Waals surface area contributed by atoms with Gasteiger partial charge in [-0.3, -0.25) is 4.79 Å². The Morgan fingerprint density at radius 3 is 1.81 bits per heavy atom. The van der Waals surface area contributed by atoms with Crippen LogP contribution in [-0.4, -0.2) is 11.8 Å². The van der Waals surface area contributed by atoms with Crippen LogP contribution in [0.2, 0.25) is 0 Å². The van der Waals surface area contributed by atoms with E-state index >= 15 is 0 Å². The maximum atomic E-state index is 12.6. The maximum absolute atomic E-state index is 12.6. The van der Waals surface area contributed by atoms with Crippen LogP contribution in [-0.2, 0) is 0 Å². The fourth-order valence-electron chi connectivity index (χ4n) is 2.75. The molecule has 0 atom stereocenters. The average molecular weight is 704 g/mol. The summed E-state index contributed by atoms with van der Waals surface area (Å²) in [6.07, 6.45) is 11.4. The SMILES string of the molecule is CCCCCCCCCCCC(=O)c1c(I)cc(I)c(C(=O)[O-])c1I.[Na+]. The minimum atomic E-state index is -1.22. The van der Waals surface area contributed by atoms with Gasteiger partial charge in [0.1, 0.15) is 0 Å². The molecule has 3 nitrogen and oxygen atoms in total. The number of carbonyl (C=O) groups excluding carboxylic acids is 2. The molecule has 0 saturated carbocycles. The first-order chi connectivity index (χ1) is 11.9. The van der Waals surface area contributed by atoms with Gasteiger partial charge >= 0.3 is 29.6 Å². The third kappa shape index (κ3) is 9.37. The standard InChI is InChI=1S/C19H25I3O3.Na/c1-2-3-4-5-6-7-8-9-10-11-15(23)16-13(20)12-14(21)17(18(16)22)19(24)25;/h12H,2-11H2,1H3,(H,24,25);/q;+1/p-1. The fourth-order valence-corrected chi connectivity index (χ4v) is 7.17. The maximum Gasteiger partial charge on any atom is 1.00 e. The molecule has 0 radical (unpaired) electrons. The summed E-state index contributed by atoms with van der Waals surface area (Å²) < 4.78 is 1.94. The minimum absolute atomic E-state index is 0. The van der Waals surface area contributed by atoms with Crippen molar-refractivity contribution in [1.82, 2.24) is 0 Å². The molecule has 0 heterocycles. The molecule has 0 bridgehead atoms. The molecule has 0 fully saturated rings. The van der Waals surface area contributed by atoms with Crippen LogP contribution in [0.15, 0.2) is 6.07 Å². The predicted octanol–water partition coefficient (Wildman–Crippen LogP) is 2.97. The van der Waals surface area contributed by atoms with Crippen molar-refractivity contribution < 1.29 is 44.3 Å². The van der Waals surface area contributed by atoms with Crippen molar-refractivity contribution in [3.63, 3.8) is 0 Å². The molecule has 0 amide bonds. The van der Waals surface area contributed by atoms with Gasteiger partial charge in [0.2, 0.25) is 0 Å². The summed E-state index contributed by atoms with van der Waals surface area (Å²) >= 11 is 6.06. The van der Waals surface area contributed by atoms with Crippen molar-refractivity contribution in [1.29, 1.82) is 0 Å². The van der Waals surface area contributed by atoms with Crippen LogP contribution in [0.1, 0.15) is 91.8 Å². The van der Waals surface area contributed by atoms with Gasteiger partial charge in [-0.15, -0.1) is 0 Å². The second-order valence-corrected chi connectivity index (χ2v) is 9.60. The van der Waals surface area contributed by atoms with E-state index in [1.54, 1.807) is 6.07 Å². The summed E-state index contributed by atoms with van der Waals surface area (Å²) in [7, 11) is 0. The topological polar surface area (TPSA) is 57.2 Å². The molecule has 0 aliphatic rings. The molecule has 0 aromatic heterocycles. The third-order valence-electron chi connectivity index (χ3n) is 4.16. The Bertz CT molecular complexity index is 606. The molecule has 140 valence electrons. The second kappa shape index (κ2) is 15.4. The predicted molar refractivity (Wildman–Crippen MR) is 125 cm³/mol. The summed E-state index contributed by atoms with van der Waals surface area (Å²) in [5, 5.41) is 11.3. The number of carboxylic acid groups (broad SMARTS) is 1. The molecule has 0 aliphatic heterocycles. The Labute approximate surface area is 219 Å². The summed E-state index contributed by atoms with van der Waals surface area (Å²) in [4.78, 5) is 23.9. The number of benzene rings is 1. The molecular weight excluding hydrogens is 680 g/mol. The monoisotopic (exact) mass is 704 g/mol. The van der Waals surface area contributed by atoms with Crippen molar-refractivity contribution >= 4 is 79.5 Å². The van der Waals surface area contributed by atoms with Gasteiger partial charge in [0.05, 0.1) is 5.97 Å². The van der Waals surface area contributed by atoms with Crippen molar-refractivity contribution in [2.45, 2.75) is 71.1 Å². The van der Waals surface area contributed by atoms with E-state index in [2.05, 4.69) is 29.5 Å². The van der Waals surface area contributed by atoms with Gasteiger partial charge in [-0.05, 0) is 80.3 Å². The van der Waals surface area contributed by atoms with Gasteiger partial charge in [-0.2, -0.15) is 0 Å². The van der Waals surface area contributed by atoms with E-state index in [-0.39, 0.29) is 40.9 Å². The smallest absolute Gasteiger partial charge is 0.545 e. The van der Waals surface area contributed by atoms with Gasteiger partial charge in [0.15, 0.2) is 5.78 Å². The van der Waals surface area contributed by atoms with Crippen LogP contribution in [0.4, 0.5) is 0 Å². The zero-order chi connectivity index (χ0) is 18.8. The van der Waals surface area contributed by atoms with Crippen LogP contribution < -0.4 is 34.7 Å². The number of halogens is 3. The summed E-state index contributed by atoms with van der Waals surface area (Å²) in [5.74, 6) is -1.18. The molecule has 0 saturated heterocycles. The molecular formula is C19H24I3NaO3. The van der Waals surface area contributed by atoms with E-state index in [9.17, 15) is 14.7 Å². The zero-order valence-electron chi connectivity index (χ0n) is 15.5. The minimum Gasteiger partial charge on any atom is -0.545 e. The molecule has 1 aromatic carbocycles. The quantitative estimate of drug-likeness (QED) is 0.146. The molecule has 0 aliphatic carbocycles. The van der Waals surface area contributed by atoms with Crippen LogP contribution in [0.25, 0.3) is 0 Å². The number of hydrogen-bond acceptors (Lipinski definition) is 3.